The van der Waals surface area contributed by atoms with Gasteiger partial charge in [0.25, 0.3) is 6.43 Å². The first-order chi connectivity index (χ1) is 7.06. The lowest BCUT2D eigenvalue weighted by atomic mass is 10.0. The van der Waals surface area contributed by atoms with E-state index < -0.39 is 6.43 Å². The zero-order valence-corrected chi connectivity index (χ0v) is 8.59. The highest BCUT2D eigenvalue weighted by Crippen LogP contribution is 2.26. The van der Waals surface area contributed by atoms with Crippen LogP contribution in [0, 0.1) is 0 Å². The molecule has 15 heavy (non-hydrogen) atoms. The van der Waals surface area contributed by atoms with E-state index >= 15 is 0 Å². The van der Waals surface area contributed by atoms with Crippen LogP contribution in [0.15, 0.2) is 18.2 Å². The van der Waals surface area contributed by atoms with Gasteiger partial charge in [-0.3, -0.25) is 4.79 Å². The Morgan fingerprint density at radius 3 is 2.60 bits per heavy atom. The Labute approximate surface area is 86.9 Å². The summed E-state index contributed by atoms with van der Waals surface area (Å²) in [5, 5.41) is 0. The molecule has 0 aliphatic rings. The number of alkyl halides is 2. The Hall–Kier alpha value is -1.45. The van der Waals surface area contributed by atoms with Crippen LogP contribution in [0.4, 0.5) is 8.78 Å². The Morgan fingerprint density at radius 2 is 2.13 bits per heavy atom. The van der Waals surface area contributed by atoms with Gasteiger partial charge in [-0.15, -0.1) is 0 Å². The maximum absolute atomic E-state index is 12.5. The van der Waals surface area contributed by atoms with Crippen molar-refractivity contribution in [1.29, 1.82) is 0 Å². The zero-order chi connectivity index (χ0) is 11.4. The summed E-state index contributed by atoms with van der Waals surface area (Å²) in [6.07, 6.45) is -2.64. The van der Waals surface area contributed by atoms with E-state index in [2.05, 4.69) is 0 Å². The topological polar surface area (TPSA) is 26.3 Å². The molecule has 0 aromatic heterocycles. The van der Waals surface area contributed by atoms with Gasteiger partial charge in [-0.2, -0.15) is 0 Å². The number of carbonyl (C=O) groups excluding carboxylic acids is 1. The SMILES string of the molecule is CCOc1ccc(C(F)F)c(C(C)=O)c1. The molecule has 2 nitrogen and oxygen atoms in total. The minimum atomic E-state index is -2.64. The fourth-order valence-corrected chi connectivity index (χ4v) is 1.29. The van der Waals surface area contributed by atoms with E-state index in [1.54, 1.807) is 6.92 Å². The van der Waals surface area contributed by atoms with Gasteiger partial charge in [-0.1, -0.05) is 0 Å². The van der Waals surface area contributed by atoms with Crippen LogP contribution in [-0.2, 0) is 0 Å². The molecule has 0 bridgehead atoms. The maximum atomic E-state index is 12.5. The lowest BCUT2D eigenvalue weighted by molar-refractivity contribution is 0.0998. The van der Waals surface area contributed by atoms with Crippen LogP contribution in [0.1, 0.15) is 36.2 Å². The van der Waals surface area contributed by atoms with E-state index in [0.717, 1.165) is 0 Å². The summed E-state index contributed by atoms with van der Waals surface area (Å²) >= 11 is 0. The van der Waals surface area contributed by atoms with Crippen LogP contribution in [0.5, 0.6) is 5.75 Å². The van der Waals surface area contributed by atoms with Gasteiger partial charge < -0.3 is 4.74 Å². The van der Waals surface area contributed by atoms with Crippen LogP contribution >= 0.6 is 0 Å². The smallest absolute Gasteiger partial charge is 0.264 e. The molecule has 0 N–H and O–H groups in total. The third-order valence-electron chi connectivity index (χ3n) is 1.95. The number of hydrogen-bond donors (Lipinski definition) is 0. The second-order valence-electron chi connectivity index (χ2n) is 3.04. The molecular formula is C11H12F2O2. The lowest BCUT2D eigenvalue weighted by Gasteiger charge is -2.09. The molecule has 1 aromatic rings. The van der Waals surface area contributed by atoms with Gasteiger partial charge in [0.15, 0.2) is 5.78 Å². The van der Waals surface area contributed by atoms with Gasteiger partial charge in [0.2, 0.25) is 0 Å². The summed E-state index contributed by atoms with van der Waals surface area (Å²) in [7, 11) is 0. The quantitative estimate of drug-likeness (QED) is 0.719. The molecule has 82 valence electrons. The monoisotopic (exact) mass is 214 g/mol. The standard InChI is InChI=1S/C11H12F2O2/c1-3-15-8-4-5-9(11(12)13)10(6-8)7(2)14/h4-6,11H,3H2,1-2H3. The van der Waals surface area contributed by atoms with Crippen molar-refractivity contribution in [2.45, 2.75) is 20.3 Å². The second-order valence-corrected chi connectivity index (χ2v) is 3.04. The predicted octanol–water partition coefficient (Wildman–Crippen LogP) is 3.23. The Balaban J connectivity index is 3.15. The summed E-state index contributed by atoms with van der Waals surface area (Å²) < 4.78 is 30.2. The number of benzene rings is 1. The average molecular weight is 214 g/mol. The van der Waals surface area contributed by atoms with Crippen LogP contribution in [0.3, 0.4) is 0 Å². The summed E-state index contributed by atoms with van der Waals surface area (Å²) in [6.45, 7) is 3.48. The number of Topliss-reactive ketones (excluding diaryl/α,β-unsaturated/α-hetero) is 1. The third kappa shape index (κ3) is 2.75. The summed E-state index contributed by atoms with van der Waals surface area (Å²) in [5.41, 5.74) is -0.220. The minimum absolute atomic E-state index is 0.0240. The maximum Gasteiger partial charge on any atom is 0.264 e. The van der Waals surface area contributed by atoms with Crippen molar-refractivity contribution in [1.82, 2.24) is 0 Å². The number of carbonyl (C=O) groups is 1. The number of rotatable bonds is 4. The van der Waals surface area contributed by atoms with Gasteiger partial charge >= 0.3 is 0 Å². The van der Waals surface area contributed by atoms with Gasteiger partial charge in [0.1, 0.15) is 5.75 Å². The molecule has 0 fully saturated rings. The molecule has 0 saturated heterocycles. The molecule has 1 rings (SSSR count). The minimum Gasteiger partial charge on any atom is -0.494 e. The summed E-state index contributed by atoms with van der Waals surface area (Å²) in [4.78, 5) is 11.1. The highest BCUT2D eigenvalue weighted by Gasteiger charge is 2.16. The van der Waals surface area contributed by atoms with Crippen molar-refractivity contribution in [2.75, 3.05) is 6.61 Å². The van der Waals surface area contributed by atoms with Crippen LogP contribution in [0.2, 0.25) is 0 Å². The van der Waals surface area contributed by atoms with E-state index in [9.17, 15) is 13.6 Å². The van der Waals surface area contributed by atoms with Crippen LogP contribution in [-0.4, -0.2) is 12.4 Å². The first-order valence-electron chi connectivity index (χ1n) is 4.62. The summed E-state index contributed by atoms with van der Waals surface area (Å²) in [6, 6.07) is 4.02. The third-order valence-corrected chi connectivity index (χ3v) is 1.95. The molecule has 0 heterocycles. The Bertz CT molecular complexity index is 362. The van der Waals surface area contributed by atoms with E-state index in [0.29, 0.717) is 12.4 Å². The first kappa shape index (κ1) is 11.6. The summed E-state index contributed by atoms with van der Waals surface area (Å²) in [5.74, 6) is 0.0546. The average Bonchev–Trinajstić information content (AvgIpc) is 2.17. The molecule has 0 atom stereocenters. The molecule has 0 unspecified atom stereocenters. The van der Waals surface area contributed by atoms with Crippen LogP contribution < -0.4 is 4.74 Å². The van der Waals surface area contributed by atoms with Crippen molar-refractivity contribution in [3.63, 3.8) is 0 Å². The molecule has 0 saturated carbocycles. The van der Waals surface area contributed by atoms with Crippen molar-refractivity contribution in [3.05, 3.63) is 29.3 Å². The number of ether oxygens (including phenoxy) is 1. The Kier molecular flexibility index (Phi) is 3.77. The van der Waals surface area contributed by atoms with Crippen molar-refractivity contribution in [3.8, 4) is 5.75 Å². The molecular weight excluding hydrogens is 202 g/mol. The lowest BCUT2D eigenvalue weighted by Crippen LogP contribution is -2.01. The van der Waals surface area contributed by atoms with Crippen molar-refractivity contribution in [2.24, 2.45) is 0 Å². The van der Waals surface area contributed by atoms with Gasteiger partial charge in [-0.25, -0.2) is 8.78 Å². The molecule has 0 aliphatic heterocycles. The van der Waals surface area contributed by atoms with Gasteiger partial charge in [0, 0.05) is 11.1 Å². The number of ketones is 1. The van der Waals surface area contributed by atoms with E-state index in [1.807, 2.05) is 0 Å². The fraction of sp³-hybridized carbons (Fsp3) is 0.364. The molecule has 1 aromatic carbocycles. The molecule has 4 heteroatoms. The second kappa shape index (κ2) is 4.87. The first-order valence-corrected chi connectivity index (χ1v) is 4.62. The Morgan fingerprint density at radius 1 is 1.47 bits per heavy atom. The largest absolute Gasteiger partial charge is 0.494 e. The van der Waals surface area contributed by atoms with Crippen molar-refractivity contribution < 1.29 is 18.3 Å². The highest BCUT2D eigenvalue weighted by atomic mass is 19.3. The normalized spacial score (nSPS) is 10.5. The predicted molar refractivity (Wildman–Crippen MR) is 52.6 cm³/mol. The number of hydrogen-bond acceptors (Lipinski definition) is 2. The van der Waals surface area contributed by atoms with Gasteiger partial charge in [0.05, 0.1) is 6.61 Å². The van der Waals surface area contributed by atoms with E-state index in [4.69, 9.17) is 4.74 Å². The zero-order valence-electron chi connectivity index (χ0n) is 8.59. The van der Waals surface area contributed by atoms with E-state index in [-0.39, 0.29) is 16.9 Å². The molecule has 0 amide bonds. The molecule has 0 aliphatic carbocycles. The molecule has 0 spiro atoms. The number of halogens is 2. The van der Waals surface area contributed by atoms with Gasteiger partial charge in [-0.05, 0) is 32.0 Å². The highest BCUT2D eigenvalue weighted by molar-refractivity contribution is 5.96. The van der Waals surface area contributed by atoms with Crippen LogP contribution in [0.25, 0.3) is 0 Å². The van der Waals surface area contributed by atoms with Crippen molar-refractivity contribution >= 4 is 5.78 Å². The fourth-order valence-electron chi connectivity index (χ4n) is 1.29. The van der Waals surface area contributed by atoms with E-state index in [1.165, 1.54) is 25.1 Å². The molecule has 0 radical (unpaired) electrons.